The number of nitrogens with zero attached hydrogens (tertiary/aromatic N) is 1. The lowest BCUT2D eigenvalue weighted by molar-refractivity contribution is -0.118. The Kier molecular flexibility index (Phi) is 6.64. The monoisotopic (exact) mass is 419 g/mol. The molecule has 7 nitrogen and oxygen atoms in total. The quantitative estimate of drug-likeness (QED) is 0.615. The molecule has 0 radical (unpaired) electrons. The summed E-state index contributed by atoms with van der Waals surface area (Å²) in [7, 11) is 0. The highest BCUT2D eigenvalue weighted by molar-refractivity contribution is 6.00. The van der Waals surface area contributed by atoms with E-state index in [1.807, 2.05) is 54.6 Å². The minimum atomic E-state index is -0.751. The van der Waals surface area contributed by atoms with Crippen molar-refractivity contribution < 1.29 is 18.7 Å². The Bertz CT molecular complexity index is 981. The fourth-order valence-electron chi connectivity index (χ4n) is 3.50. The first-order chi connectivity index (χ1) is 15.2. The van der Waals surface area contributed by atoms with Gasteiger partial charge in [-0.25, -0.2) is 0 Å². The van der Waals surface area contributed by atoms with Gasteiger partial charge in [-0.1, -0.05) is 30.3 Å². The SMILES string of the molecule is O=C(N[C@H](Cc1ccccc1)C(=O)Nc1ccc(N2CCOCC2)cc1)c1ccco1. The van der Waals surface area contributed by atoms with Crippen LogP contribution in [-0.2, 0) is 16.0 Å². The summed E-state index contributed by atoms with van der Waals surface area (Å²) in [5, 5.41) is 5.70. The van der Waals surface area contributed by atoms with Gasteiger partial charge in [-0.2, -0.15) is 0 Å². The van der Waals surface area contributed by atoms with Crippen molar-refractivity contribution in [3.05, 3.63) is 84.3 Å². The van der Waals surface area contributed by atoms with E-state index in [0.29, 0.717) is 12.1 Å². The number of hydrogen-bond donors (Lipinski definition) is 2. The van der Waals surface area contributed by atoms with Crippen LogP contribution < -0.4 is 15.5 Å². The predicted molar refractivity (Wildman–Crippen MR) is 118 cm³/mol. The van der Waals surface area contributed by atoms with Crippen LogP contribution in [0.5, 0.6) is 0 Å². The second-order valence-electron chi connectivity index (χ2n) is 7.33. The number of benzene rings is 2. The number of carbonyl (C=O) groups is 2. The summed E-state index contributed by atoms with van der Waals surface area (Å²) >= 11 is 0. The number of rotatable bonds is 7. The van der Waals surface area contributed by atoms with E-state index in [0.717, 1.165) is 37.6 Å². The molecular formula is C24H25N3O4. The minimum absolute atomic E-state index is 0.167. The van der Waals surface area contributed by atoms with Crippen LogP contribution in [0.3, 0.4) is 0 Å². The highest BCUT2D eigenvalue weighted by Gasteiger charge is 2.23. The topological polar surface area (TPSA) is 83.8 Å². The van der Waals surface area contributed by atoms with E-state index >= 15 is 0 Å². The summed E-state index contributed by atoms with van der Waals surface area (Å²) in [5.74, 6) is -0.549. The van der Waals surface area contributed by atoms with Gasteiger partial charge < -0.3 is 24.7 Å². The van der Waals surface area contributed by atoms with Crippen molar-refractivity contribution in [2.24, 2.45) is 0 Å². The fraction of sp³-hybridized carbons (Fsp3) is 0.250. The number of ether oxygens (including phenoxy) is 1. The van der Waals surface area contributed by atoms with Crippen molar-refractivity contribution in [3.8, 4) is 0 Å². The first-order valence-corrected chi connectivity index (χ1v) is 10.3. The summed E-state index contributed by atoms with van der Waals surface area (Å²) in [6.07, 6.45) is 1.79. The Hall–Kier alpha value is -3.58. The summed E-state index contributed by atoms with van der Waals surface area (Å²) in [4.78, 5) is 27.8. The van der Waals surface area contributed by atoms with Crippen molar-refractivity contribution >= 4 is 23.2 Å². The van der Waals surface area contributed by atoms with Crippen molar-refractivity contribution in [2.45, 2.75) is 12.5 Å². The van der Waals surface area contributed by atoms with E-state index in [2.05, 4.69) is 15.5 Å². The Labute approximate surface area is 181 Å². The van der Waals surface area contributed by atoms with Crippen LogP contribution >= 0.6 is 0 Å². The average molecular weight is 419 g/mol. The zero-order valence-electron chi connectivity index (χ0n) is 17.1. The smallest absolute Gasteiger partial charge is 0.287 e. The number of anilines is 2. The molecule has 2 N–H and O–H groups in total. The Balaban J connectivity index is 1.44. The normalized spacial score (nSPS) is 14.6. The molecule has 1 fully saturated rings. The number of amides is 2. The maximum absolute atomic E-state index is 13.0. The highest BCUT2D eigenvalue weighted by atomic mass is 16.5. The molecule has 1 saturated heterocycles. The largest absolute Gasteiger partial charge is 0.459 e. The molecule has 0 saturated carbocycles. The lowest BCUT2D eigenvalue weighted by Gasteiger charge is -2.29. The third-order valence-electron chi connectivity index (χ3n) is 5.16. The van der Waals surface area contributed by atoms with Crippen LogP contribution in [0.15, 0.2) is 77.4 Å². The summed E-state index contributed by atoms with van der Waals surface area (Å²) < 4.78 is 10.5. The van der Waals surface area contributed by atoms with Gasteiger partial charge in [0.1, 0.15) is 6.04 Å². The van der Waals surface area contributed by atoms with E-state index in [9.17, 15) is 9.59 Å². The van der Waals surface area contributed by atoms with E-state index < -0.39 is 11.9 Å². The third kappa shape index (κ3) is 5.52. The van der Waals surface area contributed by atoms with Gasteiger partial charge in [-0.3, -0.25) is 9.59 Å². The predicted octanol–water partition coefficient (Wildman–Crippen LogP) is 3.10. The minimum Gasteiger partial charge on any atom is -0.459 e. The molecule has 0 unspecified atom stereocenters. The van der Waals surface area contributed by atoms with Crippen LogP contribution in [0, 0.1) is 0 Å². The van der Waals surface area contributed by atoms with E-state index in [1.165, 1.54) is 6.26 Å². The van der Waals surface area contributed by atoms with Gasteiger partial charge in [0.15, 0.2) is 5.76 Å². The zero-order valence-corrected chi connectivity index (χ0v) is 17.1. The molecule has 2 heterocycles. The fourth-order valence-corrected chi connectivity index (χ4v) is 3.50. The molecule has 1 aliphatic heterocycles. The van der Waals surface area contributed by atoms with Crippen LogP contribution in [0.2, 0.25) is 0 Å². The zero-order chi connectivity index (χ0) is 21.5. The van der Waals surface area contributed by atoms with Crippen molar-refractivity contribution in [1.29, 1.82) is 0 Å². The number of carbonyl (C=O) groups excluding carboxylic acids is 2. The molecule has 1 aliphatic rings. The number of hydrogen-bond acceptors (Lipinski definition) is 5. The van der Waals surface area contributed by atoms with Gasteiger partial charge in [0.2, 0.25) is 5.91 Å². The van der Waals surface area contributed by atoms with Gasteiger partial charge in [-0.05, 0) is 42.0 Å². The lowest BCUT2D eigenvalue weighted by Crippen LogP contribution is -2.45. The molecule has 7 heteroatoms. The molecule has 0 aliphatic carbocycles. The highest BCUT2D eigenvalue weighted by Crippen LogP contribution is 2.19. The summed E-state index contributed by atoms with van der Waals surface area (Å²) in [5.41, 5.74) is 2.71. The second-order valence-corrected chi connectivity index (χ2v) is 7.33. The summed E-state index contributed by atoms with van der Waals surface area (Å²) in [6.45, 7) is 3.14. The molecule has 1 atom stereocenters. The van der Waals surface area contributed by atoms with Gasteiger partial charge >= 0.3 is 0 Å². The van der Waals surface area contributed by atoms with Crippen LogP contribution in [-0.4, -0.2) is 44.2 Å². The average Bonchev–Trinajstić information content (AvgIpc) is 3.36. The van der Waals surface area contributed by atoms with Crippen molar-refractivity contribution in [3.63, 3.8) is 0 Å². The molecule has 0 bridgehead atoms. The third-order valence-corrected chi connectivity index (χ3v) is 5.16. The van der Waals surface area contributed by atoms with Gasteiger partial charge in [0, 0.05) is 30.9 Å². The van der Waals surface area contributed by atoms with E-state index in [4.69, 9.17) is 9.15 Å². The number of nitrogens with one attached hydrogen (secondary N) is 2. The van der Waals surface area contributed by atoms with Crippen molar-refractivity contribution in [1.82, 2.24) is 5.32 Å². The van der Waals surface area contributed by atoms with Gasteiger partial charge in [-0.15, -0.1) is 0 Å². The van der Waals surface area contributed by atoms with E-state index in [-0.39, 0.29) is 11.7 Å². The second kappa shape index (κ2) is 9.95. The Morgan fingerprint density at radius 3 is 2.35 bits per heavy atom. The molecule has 2 amide bonds. The molecule has 31 heavy (non-hydrogen) atoms. The summed E-state index contributed by atoms with van der Waals surface area (Å²) in [6, 6.07) is 19.7. The van der Waals surface area contributed by atoms with Gasteiger partial charge in [0.05, 0.1) is 19.5 Å². The maximum Gasteiger partial charge on any atom is 0.287 e. The first kappa shape index (κ1) is 20.7. The number of morpholine rings is 1. The van der Waals surface area contributed by atoms with Crippen LogP contribution in [0.25, 0.3) is 0 Å². The van der Waals surface area contributed by atoms with Gasteiger partial charge in [0.25, 0.3) is 5.91 Å². The molecule has 4 rings (SSSR count). The molecule has 0 spiro atoms. The lowest BCUT2D eigenvalue weighted by atomic mass is 10.0. The molecule has 3 aromatic rings. The Morgan fingerprint density at radius 1 is 0.935 bits per heavy atom. The molecule has 2 aromatic carbocycles. The molecular weight excluding hydrogens is 394 g/mol. The first-order valence-electron chi connectivity index (χ1n) is 10.3. The van der Waals surface area contributed by atoms with Crippen molar-refractivity contribution in [2.75, 3.05) is 36.5 Å². The Morgan fingerprint density at radius 2 is 1.68 bits per heavy atom. The maximum atomic E-state index is 13.0. The van der Waals surface area contributed by atoms with E-state index in [1.54, 1.807) is 12.1 Å². The van der Waals surface area contributed by atoms with Crippen LogP contribution in [0.4, 0.5) is 11.4 Å². The standard InChI is InChI=1S/C24H25N3O4/c28-23(25-19-8-10-20(11-9-19)27-12-15-30-16-13-27)21(17-18-5-2-1-3-6-18)26-24(29)22-7-4-14-31-22/h1-11,14,21H,12-13,15-17H2,(H,25,28)(H,26,29)/t21-/m1/s1. The number of furan rings is 1. The van der Waals surface area contributed by atoms with Crippen LogP contribution in [0.1, 0.15) is 16.1 Å². The molecule has 160 valence electrons. The molecule has 1 aromatic heterocycles.